The first-order valence-corrected chi connectivity index (χ1v) is 6.24. The molecule has 2 N–H and O–H groups in total. The van der Waals surface area contributed by atoms with Crippen molar-refractivity contribution in [2.24, 2.45) is 0 Å². The lowest BCUT2D eigenvalue weighted by Crippen LogP contribution is -2.35. The number of alkyl halides is 3. The fourth-order valence-electron chi connectivity index (χ4n) is 1.75. The van der Waals surface area contributed by atoms with Gasteiger partial charge in [-0.2, -0.15) is 13.2 Å². The molecular formula is C11H13F3N2S. The minimum absolute atomic E-state index is 0.259. The molecular weight excluding hydrogens is 249 g/mol. The van der Waals surface area contributed by atoms with E-state index >= 15 is 0 Å². The van der Waals surface area contributed by atoms with Crippen LogP contribution in [0.5, 0.6) is 0 Å². The average molecular weight is 262 g/mol. The van der Waals surface area contributed by atoms with Gasteiger partial charge in [0.15, 0.2) is 0 Å². The van der Waals surface area contributed by atoms with E-state index in [1.54, 1.807) is 0 Å². The van der Waals surface area contributed by atoms with Crippen LogP contribution in [0.1, 0.15) is 5.56 Å². The van der Waals surface area contributed by atoms with Gasteiger partial charge in [0.1, 0.15) is 0 Å². The van der Waals surface area contributed by atoms with Crippen LogP contribution in [0.4, 0.5) is 18.9 Å². The largest absolute Gasteiger partial charge is 0.416 e. The van der Waals surface area contributed by atoms with Crippen LogP contribution >= 0.6 is 11.8 Å². The third-order valence-electron chi connectivity index (χ3n) is 2.56. The molecule has 0 bridgehead atoms. The number of hydrogen-bond acceptors (Lipinski definition) is 3. The Morgan fingerprint density at radius 2 is 2.24 bits per heavy atom. The molecule has 0 aromatic heterocycles. The highest BCUT2D eigenvalue weighted by atomic mass is 32.2. The van der Waals surface area contributed by atoms with E-state index in [9.17, 15) is 13.2 Å². The van der Waals surface area contributed by atoms with Crippen molar-refractivity contribution >= 4 is 17.4 Å². The second kappa shape index (κ2) is 4.78. The molecule has 1 atom stereocenters. The Morgan fingerprint density at radius 1 is 1.47 bits per heavy atom. The maximum atomic E-state index is 12.5. The first kappa shape index (κ1) is 12.6. The molecule has 94 valence electrons. The van der Waals surface area contributed by atoms with Crippen molar-refractivity contribution < 1.29 is 13.2 Å². The van der Waals surface area contributed by atoms with Crippen molar-refractivity contribution in [3.63, 3.8) is 0 Å². The predicted octanol–water partition coefficient (Wildman–Crippen LogP) is 2.81. The van der Waals surface area contributed by atoms with Crippen molar-refractivity contribution in [1.29, 1.82) is 0 Å². The Hall–Kier alpha value is -0.880. The van der Waals surface area contributed by atoms with Crippen molar-refractivity contribution in [1.82, 2.24) is 5.32 Å². The van der Waals surface area contributed by atoms with Crippen molar-refractivity contribution in [2.45, 2.75) is 17.1 Å². The summed E-state index contributed by atoms with van der Waals surface area (Å²) < 4.78 is 37.5. The number of benzene rings is 1. The predicted molar refractivity (Wildman–Crippen MR) is 63.5 cm³/mol. The number of likely N-dealkylation sites (N-methyl/N-ethyl adjacent to an activating group) is 1. The van der Waals surface area contributed by atoms with Crippen LogP contribution in [-0.4, -0.2) is 25.4 Å². The monoisotopic (exact) mass is 262 g/mol. The molecule has 0 amide bonds. The Kier molecular flexibility index (Phi) is 3.53. The molecule has 1 aromatic carbocycles. The van der Waals surface area contributed by atoms with Crippen LogP contribution in [0.2, 0.25) is 0 Å². The summed E-state index contributed by atoms with van der Waals surface area (Å²) in [4.78, 5) is 0.673. The number of anilines is 1. The van der Waals surface area contributed by atoms with Gasteiger partial charge in [-0.15, -0.1) is 11.8 Å². The van der Waals surface area contributed by atoms with Crippen LogP contribution < -0.4 is 10.6 Å². The minimum Gasteiger partial charge on any atom is -0.379 e. The molecule has 2 rings (SSSR count). The normalized spacial score (nSPS) is 19.6. The van der Waals surface area contributed by atoms with Gasteiger partial charge >= 0.3 is 6.18 Å². The number of rotatable bonds is 2. The molecule has 2 nitrogen and oxygen atoms in total. The van der Waals surface area contributed by atoms with Crippen LogP contribution in [0, 0.1) is 0 Å². The molecule has 6 heteroatoms. The zero-order valence-electron chi connectivity index (χ0n) is 9.27. The average Bonchev–Trinajstić information content (AvgIpc) is 2.27. The lowest BCUT2D eigenvalue weighted by molar-refractivity contribution is -0.137. The summed E-state index contributed by atoms with van der Waals surface area (Å²) in [6.45, 7) is 0.799. The van der Waals surface area contributed by atoms with Gasteiger partial charge in [-0.25, -0.2) is 0 Å². The van der Waals surface area contributed by atoms with Crippen LogP contribution in [0.15, 0.2) is 23.1 Å². The highest BCUT2D eigenvalue weighted by Crippen LogP contribution is 2.38. The van der Waals surface area contributed by atoms with Crippen molar-refractivity contribution in [3.8, 4) is 0 Å². The van der Waals surface area contributed by atoms with Crippen LogP contribution in [0.25, 0.3) is 0 Å². The summed E-state index contributed by atoms with van der Waals surface area (Å²) in [5.41, 5.74) is 0.201. The van der Waals surface area contributed by atoms with Gasteiger partial charge in [-0.1, -0.05) is 0 Å². The highest BCUT2D eigenvalue weighted by molar-refractivity contribution is 7.99. The molecule has 0 radical (unpaired) electrons. The Labute approximate surface area is 102 Å². The summed E-state index contributed by atoms with van der Waals surface area (Å²) in [7, 11) is 1.86. The first-order valence-electron chi connectivity index (χ1n) is 5.26. The zero-order chi connectivity index (χ0) is 12.5. The van der Waals surface area contributed by atoms with E-state index in [4.69, 9.17) is 0 Å². The number of hydrogen-bond donors (Lipinski definition) is 2. The van der Waals surface area contributed by atoms with E-state index < -0.39 is 11.7 Å². The molecule has 1 unspecified atom stereocenters. The molecule has 1 aliphatic heterocycles. The second-order valence-electron chi connectivity index (χ2n) is 3.92. The van der Waals surface area contributed by atoms with Crippen LogP contribution in [-0.2, 0) is 6.18 Å². The molecule has 0 fully saturated rings. The molecule has 1 heterocycles. The van der Waals surface area contributed by atoms with Gasteiger partial charge in [0.2, 0.25) is 0 Å². The molecule has 1 aliphatic rings. The fourth-order valence-corrected chi connectivity index (χ4v) is 2.82. The standard InChI is InChI=1S/C11H13F3N2S/c1-15-5-8-6-17-10-4-7(11(12,13)14)2-3-9(10)16-8/h2-4,8,15-16H,5-6H2,1H3. The summed E-state index contributed by atoms with van der Waals surface area (Å²) in [5, 5.41) is 6.27. The molecule has 0 saturated carbocycles. The van der Waals surface area contributed by atoms with Gasteiger partial charge in [0, 0.05) is 28.9 Å². The fraction of sp³-hybridized carbons (Fsp3) is 0.455. The minimum atomic E-state index is -4.27. The number of thioether (sulfide) groups is 1. The zero-order valence-corrected chi connectivity index (χ0v) is 10.1. The molecule has 0 saturated heterocycles. The van der Waals surface area contributed by atoms with E-state index in [1.165, 1.54) is 23.9 Å². The summed E-state index contributed by atoms with van der Waals surface area (Å²) in [6, 6.07) is 4.10. The van der Waals surface area contributed by atoms with E-state index in [-0.39, 0.29) is 6.04 Å². The number of nitrogens with one attached hydrogen (secondary N) is 2. The Balaban J connectivity index is 2.20. The maximum absolute atomic E-state index is 12.5. The maximum Gasteiger partial charge on any atom is 0.416 e. The van der Waals surface area contributed by atoms with E-state index in [0.717, 1.165) is 24.1 Å². The third kappa shape index (κ3) is 2.87. The van der Waals surface area contributed by atoms with Crippen molar-refractivity contribution in [3.05, 3.63) is 23.8 Å². The van der Waals surface area contributed by atoms with Gasteiger partial charge in [0.05, 0.1) is 5.56 Å². The van der Waals surface area contributed by atoms with E-state index in [2.05, 4.69) is 10.6 Å². The summed E-state index contributed by atoms with van der Waals surface area (Å²) in [6.07, 6.45) is -4.27. The lowest BCUT2D eigenvalue weighted by atomic mass is 10.2. The second-order valence-corrected chi connectivity index (χ2v) is 4.98. The van der Waals surface area contributed by atoms with Crippen LogP contribution in [0.3, 0.4) is 0 Å². The topological polar surface area (TPSA) is 24.1 Å². The lowest BCUT2D eigenvalue weighted by Gasteiger charge is -2.27. The van der Waals surface area contributed by atoms with Gasteiger partial charge in [-0.3, -0.25) is 0 Å². The van der Waals surface area contributed by atoms with Gasteiger partial charge < -0.3 is 10.6 Å². The molecule has 0 spiro atoms. The van der Waals surface area contributed by atoms with Gasteiger partial charge in [-0.05, 0) is 25.2 Å². The smallest absolute Gasteiger partial charge is 0.379 e. The highest BCUT2D eigenvalue weighted by Gasteiger charge is 2.31. The summed E-state index contributed by atoms with van der Waals surface area (Å²) in [5.74, 6) is 0.773. The van der Waals surface area contributed by atoms with Gasteiger partial charge in [0.25, 0.3) is 0 Å². The Bertz CT molecular complexity index is 406. The first-order chi connectivity index (χ1) is 8.00. The molecule has 0 aliphatic carbocycles. The number of fused-ring (bicyclic) bond motifs is 1. The van der Waals surface area contributed by atoms with E-state index in [1.807, 2.05) is 7.05 Å². The SMILES string of the molecule is CNCC1CSc2cc(C(F)(F)F)ccc2N1. The van der Waals surface area contributed by atoms with Crippen molar-refractivity contribution in [2.75, 3.05) is 24.7 Å². The summed E-state index contributed by atoms with van der Waals surface area (Å²) >= 11 is 1.46. The quantitative estimate of drug-likeness (QED) is 0.857. The van der Waals surface area contributed by atoms with E-state index in [0.29, 0.717) is 4.90 Å². The molecule has 1 aromatic rings. The third-order valence-corrected chi connectivity index (χ3v) is 3.78. The Morgan fingerprint density at radius 3 is 2.88 bits per heavy atom. The molecule has 17 heavy (non-hydrogen) atoms. The number of halogens is 3.